The largest absolute Gasteiger partial charge is 0.364 e. The van der Waals surface area contributed by atoms with Crippen LogP contribution in [-0.4, -0.2) is 40.2 Å². The zero-order valence-electron chi connectivity index (χ0n) is 21.6. The molecule has 1 amide bonds. The average Bonchev–Trinajstić information content (AvgIpc) is 3.28. The van der Waals surface area contributed by atoms with Crippen molar-refractivity contribution < 1.29 is 13.6 Å². The van der Waals surface area contributed by atoms with Crippen molar-refractivity contribution in [1.29, 1.82) is 0 Å². The lowest BCUT2D eigenvalue weighted by Gasteiger charge is -2.37. The Kier molecular flexibility index (Phi) is 8.26. The zero-order valence-corrected chi connectivity index (χ0v) is 21.6. The van der Waals surface area contributed by atoms with Crippen LogP contribution in [0.1, 0.15) is 94.6 Å². The van der Waals surface area contributed by atoms with Crippen molar-refractivity contribution >= 4 is 23.4 Å². The molecule has 1 aliphatic heterocycles. The molecule has 1 fully saturated rings. The van der Waals surface area contributed by atoms with Crippen LogP contribution in [0.2, 0.25) is 0 Å². The van der Waals surface area contributed by atoms with Gasteiger partial charge in [-0.25, -0.2) is 13.8 Å². The minimum atomic E-state index is -1.07. The first-order valence-electron chi connectivity index (χ1n) is 13.2. The van der Waals surface area contributed by atoms with Gasteiger partial charge in [-0.05, 0) is 64.7 Å². The van der Waals surface area contributed by atoms with Gasteiger partial charge in [0.05, 0.1) is 11.2 Å². The highest BCUT2D eigenvalue weighted by Crippen LogP contribution is 2.36. The number of hydrogen-bond acceptors (Lipinski definition) is 4. The van der Waals surface area contributed by atoms with E-state index in [1.165, 1.54) is 57.4 Å². The number of rotatable bonds is 3. The second-order valence-electron chi connectivity index (χ2n) is 10.9. The first-order chi connectivity index (χ1) is 17.2. The van der Waals surface area contributed by atoms with E-state index in [-0.39, 0.29) is 11.5 Å². The molecule has 1 aliphatic carbocycles. The maximum atomic E-state index is 13.7. The molecule has 1 aromatic heterocycles. The van der Waals surface area contributed by atoms with Gasteiger partial charge in [0.1, 0.15) is 5.69 Å². The monoisotopic (exact) mass is 500 g/mol. The number of benzene rings is 1. The van der Waals surface area contributed by atoms with Crippen molar-refractivity contribution in [1.82, 2.24) is 15.5 Å². The summed E-state index contributed by atoms with van der Waals surface area (Å²) in [6.07, 6.45) is 12.0. The number of H-pyrrole nitrogens is 1. The Balaban J connectivity index is 1.59. The highest BCUT2D eigenvalue weighted by Gasteiger charge is 2.30. The van der Waals surface area contributed by atoms with Gasteiger partial charge in [-0.15, -0.1) is 0 Å². The van der Waals surface area contributed by atoms with Gasteiger partial charge >= 0.3 is 0 Å². The number of anilines is 2. The van der Waals surface area contributed by atoms with Gasteiger partial charge in [0, 0.05) is 18.2 Å². The Morgan fingerprint density at radius 1 is 1.06 bits per heavy atom. The number of nitrogens with zero attached hydrogens (tertiary/aromatic N) is 3. The minimum Gasteiger partial charge on any atom is -0.364 e. The van der Waals surface area contributed by atoms with Crippen LogP contribution in [0, 0.1) is 11.6 Å². The standard InChI is InChI=1S/C27H38F2N6O/c1-27(2,3)32-26(31-25(36)18-14-15-20(28)21(29)17-18)30-24-23-22(33-34-24)13-10-16-35(23)19-11-8-6-4-5-7-9-12-19/h14-15,17,19H,4-13,16H2,1-3H3,(H3,30,31,32,33,34,36). The van der Waals surface area contributed by atoms with E-state index in [4.69, 9.17) is 0 Å². The van der Waals surface area contributed by atoms with Crippen LogP contribution in [0.15, 0.2) is 23.2 Å². The second kappa shape index (κ2) is 11.4. The van der Waals surface area contributed by atoms with Gasteiger partial charge in [-0.2, -0.15) is 5.10 Å². The number of guanidine groups is 1. The number of nitrogens with one attached hydrogen (secondary N) is 3. The number of amides is 1. The number of aromatic nitrogens is 2. The molecule has 36 heavy (non-hydrogen) atoms. The molecule has 0 spiro atoms. The molecule has 0 bridgehead atoms. The van der Waals surface area contributed by atoms with Crippen LogP contribution in [-0.2, 0) is 6.42 Å². The molecule has 7 nitrogen and oxygen atoms in total. The molecular formula is C27H38F2N6O. The smallest absolute Gasteiger partial charge is 0.258 e. The molecule has 2 aromatic rings. The lowest BCUT2D eigenvalue weighted by atomic mass is 9.99. The summed E-state index contributed by atoms with van der Waals surface area (Å²) in [5, 5.41) is 13.7. The molecule has 2 aliphatic rings. The number of halogens is 2. The first kappa shape index (κ1) is 26.1. The Bertz CT molecular complexity index is 1080. The molecule has 1 saturated carbocycles. The zero-order chi connectivity index (χ0) is 25.7. The summed E-state index contributed by atoms with van der Waals surface area (Å²) >= 11 is 0. The summed E-state index contributed by atoms with van der Waals surface area (Å²) < 4.78 is 27.1. The van der Waals surface area contributed by atoms with Crippen molar-refractivity contribution in [2.45, 2.75) is 96.6 Å². The number of aryl methyl sites for hydroxylation is 1. The van der Waals surface area contributed by atoms with Crippen molar-refractivity contribution in [3.8, 4) is 0 Å². The van der Waals surface area contributed by atoms with Gasteiger partial charge < -0.3 is 10.2 Å². The summed E-state index contributed by atoms with van der Waals surface area (Å²) in [5.74, 6) is -1.81. The number of hydrogen-bond donors (Lipinski definition) is 3. The summed E-state index contributed by atoms with van der Waals surface area (Å²) in [5.41, 5.74) is 1.64. The summed E-state index contributed by atoms with van der Waals surface area (Å²) in [6, 6.07) is 3.53. The molecule has 3 N–H and O–H groups in total. The third-order valence-corrected chi connectivity index (χ3v) is 6.79. The topological polar surface area (TPSA) is 85.4 Å². The molecule has 196 valence electrons. The van der Waals surface area contributed by atoms with E-state index >= 15 is 0 Å². The van der Waals surface area contributed by atoms with Crippen LogP contribution in [0.4, 0.5) is 20.3 Å². The van der Waals surface area contributed by atoms with Gasteiger partial charge in [-0.1, -0.05) is 38.5 Å². The number of fused-ring (bicyclic) bond motifs is 1. The van der Waals surface area contributed by atoms with E-state index in [1.807, 2.05) is 20.8 Å². The van der Waals surface area contributed by atoms with Crippen LogP contribution in [0.3, 0.4) is 0 Å². The molecule has 0 unspecified atom stereocenters. The van der Waals surface area contributed by atoms with Gasteiger partial charge in [0.2, 0.25) is 5.96 Å². The molecule has 0 radical (unpaired) electrons. The highest BCUT2D eigenvalue weighted by molar-refractivity contribution is 6.10. The van der Waals surface area contributed by atoms with E-state index in [9.17, 15) is 13.6 Å². The molecular weight excluding hydrogens is 462 g/mol. The lowest BCUT2D eigenvalue weighted by molar-refractivity contribution is 0.0976. The fourth-order valence-electron chi connectivity index (χ4n) is 5.12. The van der Waals surface area contributed by atoms with E-state index in [0.29, 0.717) is 11.9 Å². The Morgan fingerprint density at radius 2 is 1.75 bits per heavy atom. The number of aromatic amines is 1. The minimum absolute atomic E-state index is 0.00794. The Labute approximate surface area is 212 Å². The normalized spacial score (nSPS) is 18.1. The van der Waals surface area contributed by atoms with Crippen LogP contribution < -0.4 is 15.5 Å². The molecule has 0 atom stereocenters. The predicted molar refractivity (Wildman–Crippen MR) is 140 cm³/mol. The summed E-state index contributed by atoms with van der Waals surface area (Å²) in [6.45, 7) is 6.73. The molecule has 2 heterocycles. The van der Waals surface area contributed by atoms with Gasteiger partial charge in [0.25, 0.3) is 5.91 Å². The van der Waals surface area contributed by atoms with Gasteiger partial charge in [-0.3, -0.25) is 15.2 Å². The maximum absolute atomic E-state index is 13.7. The quantitative estimate of drug-likeness (QED) is 0.360. The van der Waals surface area contributed by atoms with Crippen molar-refractivity contribution in [3.63, 3.8) is 0 Å². The van der Waals surface area contributed by atoms with E-state index in [2.05, 4.69) is 30.7 Å². The number of carbonyl (C=O) groups is 1. The Morgan fingerprint density at radius 3 is 2.42 bits per heavy atom. The van der Waals surface area contributed by atoms with E-state index in [1.54, 1.807) is 0 Å². The van der Waals surface area contributed by atoms with Crippen LogP contribution in [0.25, 0.3) is 0 Å². The van der Waals surface area contributed by atoms with Crippen molar-refractivity contribution in [2.75, 3.05) is 16.8 Å². The van der Waals surface area contributed by atoms with E-state index < -0.39 is 23.1 Å². The van der Waals surface area contributed by atoms with Crippen molar-refractivity contribution in [3.05, 3.63) is 41.1 Å². The Hall–Kier alpha value is -2.97. The number of carbonyl (C=O) groups excluding carboxylic acids is 1. The lowest BCUT2D eigenvalue weighted by Crippen LogP contribution is -2.41. The molecule has 4 rings (SSSR count). The third-order valence-electron chi connectivity index (χ3n) is 6.79. The van der Waals surface area contributed by atoms with Crippen molar-refractivity contribution in [2.24, 2.45) is 4.99 Å². The molecule has 9 heteroatoms. The first-order valence-corrected chi connectivity index (χ1v) is 13.2. The van der Waals surface area contributed by atoms with Crippen LogP contribution >= 0.6 is 0 Å². The van der Waals surface area contributed by atoms with Gasteiger partial charge in [0.15, 0.2) is 17.5 Å². The maximum Gasteiger partial charge on any atom is 0.258 e. The van der Waals surface area contributed by atoms with Crippen LogP contribution in [0.5, 0.6) is 0 Å². The third kappa shape index (κ3) is 6.62. The summed E-state index contributed by atoms with van der Waals surface area (Å²) in [4.78, 5) is 20.0. The van der Waals surface area contributed by atoms with E-state index in [0.717, 1.165) is 42.9 Å². The second-order valence-corrected chi connectivity index (χ2v) is 10.9. The number of aliphatic imine (C=N–C) groups is 1. The fourth-order valence-corrected chi connectivity index (χ4v) is 5.12. The fraction of sp³-hybridized carbons (Fsp3) is 0.593. The predicted octanol–water partition coefficient (Wildman–Crippen LogP) is 5.94. The molecule has 0 saturated heterocycles. The SMILES string of the molecule is CC(C)(C)N=C(NC(=O)c1ccc(F)c(F)c1)Nc1n[nH]c2c1N(C1CCCCCCCC1)CCC2. The highest BCUT2D eigenvalue weighted by atomic mass is 19.2. The summed E-state index contributed by atoms with van der Waals surface area (Å²) in [7, 11) is 0. The molecule has 1 aromatic carbocycles. The average molecular weight is 501 g/mol.